The van der Waals surface area contributed by atoms with Crippen LogP contribution in [0.2, 0.25) is 0 Å². The number of piperidine rings is 1. The fraction of sp³-hybridized carbons (Fsp3) is 1.00. The van der Waals surface area contributed by atoms with E-state index in [1.807, 2.05) is 0 Å². The van der Waals surface area contributed by atoms with Crippen LogP contribution in [0.4, 0.5) is 4.39 Å². The van der Waals surface area contributed by atoms with E-state index in [4.69, 9.17) is 0 Å². The summed E-state index contributed by atoms with van der Waals surface area (Å²) in [5, 5.41) is 0. The third-order valence-corrected chi connectivity index (χ3v) is 3.69. The van der Waals surface area contributed by atoms with Crippen LogP contribution in [0, 0.1) is 5.41 Å². The van der Waals surface area contributed by atoms with E-state index in [0.717, 1.165) is 19.3 Å². The minimum atomic E-state index is -0.492. The molecule has 2 fully saturated rings. The predicted octanol–water partition coefficient (Wildman–Crippen LogP) is 2.22. The first-order valence-electron chi connectivity index (χ1n) is 5.03. The molecule has 2 aliphatic rings. The van der Waals surface area contributed by atoms with Gasteiger partial charge in [0.2, 0.25) is 0 Å². The van der Waals surface area contributed by atoms with Crippen molar-refractivity contribution in [3.8, 4) is 0 Å². The zero-order chi connectivity index (χ0) is 8.60. The normalized spacial score (nSPS) is 36.0. The second kappa shape index (κ2) is 2.99. The molecule has 1 heterocycles. The van der Waals surface area contributed by atoms with Gasteiger partial charge in [0.1, 0.15) is 6.17 Å². The van der Waals surface area contributed by atoms with Crippen molar-refractivity contribution in [2.75, 3.05) is 20.1 Å². The van der Waals surface area contributed by atoms with Crippen molar-refractivity contribution in [3.63, 3.8) is 0 Å². The van der Waals surface area contributed by atoms with Gasteiger partial charge in [-0.2, -0.15) is 0 Å². The lowest BCUT2D eigenvalue weighted by molar-refractivity contribution is 0.119. The fourth-order valence-corrected chi connectivity index (χ4v) is 2.68. The Kier molecular flexibility index (Phi) is 2.11. The van der Waals surface area contributed by atoms with Crippen molar-refractivity contribution < 1.29 is 4.39 Å². The number of halogens is 1. The molecule has 1 nitrogen and oxygen atoms in total. The third-order valence-electron chi connectivity index (χ3n) is 3.69. The first kappa shape index (κ1) is 8.49. The molecule has 1 spiro atoms. The summed E-state index contributed by atoms with van der Waals surface area (Å²) in [4.78, 5) is 2.36. The number of likely N-dealkylation sites (tertiary alicyclic amines) is 1. The lowest BCUT2D eigenvalue weighted by Gasteiger charge is -2.37. The van der Waals surface area contributed by atoms with Crippen molar-refractivity contribution in [1.82, 2.24) is 4.90 Å². The van der Waals surface area contributed by atoms with Gasteiger partial charge in [-0.3, -0.25) is 0 Å². The van der Waals surface area contributed by atoms with Gasteiger partial charge in [0, 0.05) is 0 Å². The summed E-state index contributed by atoms with van der Waals surface area (Å²) >= 11 is 0. The second-order valence-electron chi connectivity index (χ2n) is 4.64. The number of nitrogens with zero attached hydrogens (tertiary/aromatic N) is 1. The van der Waals surface area contributed by atoms with Crippen LogP contribution < -0.4 is 0 Å². The highest BCUT2D eigenvalue weighted by atomic mass is 19.1. The highest BCUT2D eigenvalue weighted by molar-refractivity contribution is 4.92. The molecule has 70 valence electrons. The average Bonchev–Trinajstić information content (AvgIpc) is 2.40. The van der Waals surface area contributed by atoms with E-state index in [-0.39, 0.29) is 0 Å². The van der Waals surface area contributed by atoms with E-state index in [9.17, 15) is 4.39 Å². The summed E-state index contributed by atoms with van der Waals surface area (Å²) in [6.45, 7) is 2.35. The van der Waals surface area contributed by atoms with Gasteiger partial charge in [0.05, 0.1) is 0 Å². The number of alkyl halides is 1. The van der Waals surface area contributed by atoms with Gasteiger partial charge >= 0.3 is 0 Å². The molecular weight excluding hydrogens is 153 g/mol. The van der Waals surface area contributed by atoms with Crippen LogP contribution in [0.1, 0.15) is 32.1 Å². The highest BCUT2D eigenvalue weighted by Crippen LogP contribution is 2.46. The molecule has 0 aromatic rings. The van der Waals surface area contributed by atoms with E-state index < -0.39 is 6.17 Å². The zero-order valence-corrected chi connectivity index (χ0v) is 7.85. The average molecular weight is 171 g/mol. The Morgan fingerprint density at radius 1 is 1.25 bits per heavy atom. The largest absolute Gasteiger partial charge is 0.306 e. The first-order valence-corrected chi connectivity index (χ1v) is 5.03. The lowest BCUT2D eigenvalue weighted by Crippen LogP contribution is -2.36. The van der Waals surface area contributed by atoms with Crippen molar-refractivity contribution in [2.45, 2.75) is 38.3 Å². The molecule has 0 radical (unpaired) electrons. The summed E-state index contributed by atoms with van der Waals surface area (Å²) in [5.41, 5.74) is 0.409. The lowest BCUT2D eigenvalue weighted by atomic mass is 9.77. The molecule has 0 N–H and O–H groups in total. The minimum Gasteiger partial charge on any atom is -0.306 e. The van der Waals surface area contributed by atoms with Gasteiger partial charge in [-0.1, -0.05) is 0 Å². The number of hydrogen-bond donors (Lipinski definition) is 0. The second-order valence-corrected chi connectivity index (χ2v) is 4.64. The molecule has 2 rings (SSSR count). The molecule has 1 unspecified atom stereocenters. The van der Waals surface area contributed by atoms with Crippen LogP contribution >= 0.6 is 0 Å². The SMILES string of the molecule is CN1CCC2(CCC(F)C2)CC1. The maximum absolute atomic E-state index is 13.0. The topological polar surface area (TPSA) is 3.24 Å². The van der Waals surface area contributed by atoms with Crippen molar-refractivity contribution in [2.24, 2.45) is 5.41 Å². The van der Waals surface area contributed by atoms with Crippen molar-refractivity contribution >= 4 is 0 Å². The standard InChI is InChI=1S/C10H18FN/c1-12-6-4-10(5-7-12)3-2-9(11)8-10/h9H,2-8H2,1H3. The molecule has 1 saturated heterocycles. The molecule has 12 heavy (non-hydrogen) atoms. The maximum Gasteiger partial charge on any atom is 0.101 e. The molecule has 0 aromatic heterocycles. The Morgan fingerprint density at radius 2 is 1.92 bits per heavy atom. The summed E-state index contributed by atoms with van der Waals surface area (Å²) in [6, 6.07) is 0. The van der Waals surface area contributed by atoms with E-state index in [1.54, 1.807) is 0 Å². The van der Waals surface area contributed by atoms with Crippen LogP contribution in [0.5, 0.6) is 0 Å². The van der Waals surface area contributed by atoms with Crippen LogP contribution in [-0.4, -0.2) is 31.2 Å². The summed E-state index contributed by atoms with van der Waals surface area (Å²) in [7, 11) is 2.16. The van der Waals surface area contributed by atoms with Crippen LogP contribution in [0.3, 0.4) is 0 Å². The summed E-state index contributed by atoms with van der Waals surface area (Å²) < 4.78 is 13.0. The molecule has 0 aromatic carbocycles. The van der Waals surface area contributed by atoms with Gasteiger partial charge in [-0.25, -0.2) is 4.39 Å². The van der Waals surface area contributed by atoms with Gasteiger partial charge < -0.3 is 4.90 Å². The van der Waals surface area contributed by atoms with Crippen LogP contribution in [0.15, 0.2) is 0 Å². The summed E-state index contributed by atoms with van der Waals surface area (Å²) in [6.07, 6.45) is 4.77. The van der Waals surface area contributed by atoms with E-state index in [2.05, 4.69) is 11.9 Å². The number of hydrogen-bond acceptors (Lipinski definition) is 1. The Hall–Kier alpha value is -0.110. The minimum absolute atomic E-state index is 0.409. The quantitative estimate of drug-likeness (QED) is 0.540. The van der Waals surface area contributed by atoms with E-state index in [0.29, 0.717) is 5.41 Å². The van der Waals surface area contributed by atoms with Gasteiger partial charge in [-0.05, 0) is 57.7 Å². The van der Waals surface area contributed by atoms with Crippen LogP contribution in [-0.2, 0) is 0 Å². The van der Waals surface area contributed by atoms with Gasteiger partial charge in [0.15, 0.2) is 0 Å². The van der Waals surface area contributed by atoms with Gasteiger partial charge in [-0.15, -0.1) is 0 Å². The van der Waals surface area contributed by atoms with Gasteiger partial charge in [0.25, 0.3) is 0 Å². The Morgan fingerprint density at radius 3 is 2.42 bits per heavy atom. The maximum atomic E-state index is 13.0. The Labute approximate surface area is 73.9 Å². The molecular formula is C10H18FN. The van der Waals surface area contributed by atoms with E-state index in [1.165, 1.54) is 25.9 Å². The van der Waals surface area contributed by atoms with Crippen molar-refractivity contribution in [1.29, 1.82) is 0 Å². The molecule has 0 amide bonds. The van der Waals surface area contributed by atoms with Crippen LogP contribution in [0.25, 0.3) is 0 Å². The smallest absolute Gasteiger partial charge is 0.101 e. The summed E-state index contributed by atoms with van der Waals surface area (Å²) in [5.74, 6) is 0. The van der Waals surface area contributed by atoms with E-state index >= 15 is 0 Å². The molecule has 0 bridgehead atoms. The molecule has 1 saturated carbocycles. The predicted molar refractivity (Wildman–Crippen MR) is 47.9 cm³/mol. The Bertz CT molecular complexity index is 161. The molecule has 1 aliphatic carbocycles. The fourth-order valence-electron chi connectivity index (χ4n) is 2.68. The third kappa shape index (κ3) is 1.49. The number of rotatable bonds is 0. The molecule has 1 aliphatic heterocycles. The van der Waals surface area contributed by atoms with Crippen molar-refractivity contribution in [3.05, 3.63) is 0 Å². The highest BCUT2D eigenvalue weighted by Gasteiger charge is 2.40. The first-order chi connectivity index (χ1) is 5.70. The molecule has 1 atom stereocenters. The molecule has 2 heteroatoms. The zero-order valence-electron chi connectivity index (χ0n) is 7.85. The Balaban J connectivity index is 1.95. The monoisotopic (exact) mass is 171 g/mol.